The first-order chi connectivity index (χ1) is 10.9. The minimum absolute atomic E-state index is 0.666. The number of anilines is 1. The molecule has 3 aromatic rings. The maximum absolute atomic E-state index is 5.36. The minimum atomic E-state index is 0.666. The van der Waals surface area contributed by atoms with Crippen LogP contribution in [0.2, 0.25) is 0 Å². The molecule has 0 spiro atoms. The van der Waals surface area contributed by atoms with Gasteiger partial charge in [-0.3, -0.25) is 0 Å². The van der Waals surface area contributed by atoms with E-state index in [0.29, 0.717) is 18.1 Å². The number of aromatic nitrogens is 2. The summed E-state index contributed by atoms with van der Waals surface area (Å²) in [5.41, 5.74) is 2.28. The Kier molecular flexibility index (Phi) is 3.64. The summed E-state index contributed by atoms with van der Waals surface area (Å²) >= 11 is 1.71. The van der Waals surface area contributed by atoms with Crippen molar-refractivity contribution in [3.05, 3.63) is 52.5 Å². The molecule has 0 unspecified atom stereocenters. The summed E-state index contributed by atoms with van der Waals surface area (Å²) in [6.07, 6.45) is 3.29. The van der Waals surface area contributed by atoms with E-state index in [0.717, 1.165) is 18.7 Å². The molecular weight excluding hydrogens is 294 g/mol. The second-order valence-electron chi connectivity index (χ2n) is 5.51. The summed E-state index contributed by atoms with van der Waals surface area (Å²) in [4.78, 5) is 8.15. The van der Waals surface area contributed by atoms with Crippen LogP contribution in [0, 0.1) is 0 Å². The highest BCUT2D eigenvalue weighted by Crippen LogP contribution is 2.24. The van der Waals surface area contributed by atoms with Gasteiger partial charge >= 0.3 is 0 Å². The molecule has 5 heteroatoms. The zero-order chi connectivity index (χ0) is 14.8. The first-order valence-electron chi connectivity index (χ1n) is 7.59. The topological polar surface area (TPSA) is 42.2 Å². The molecule has 0 radical (unpaired) electrons. The van der Waals surface area contributed by atoms with Crippen LogP contribution < -0.4 is 4.90 Å². The summed E-state index contributed by atoms with van der Waals surface area (Å²) in [6.45, 7) is 2.32. The molecule has 1 aliphatic heterocycles. The van der Waals surface area contributed by atoms with Crippen LogP contribution in [0.4, 0.5) is 5.69 Å². The number of nitrogens with zero attached hydrogens (tertiary/aromatic N) is 3. The molecule has 0 aliphatic carbocycles. The Morgan fingerprint density at radius 1 is 1.09 bits per heavy atom. The van der Waals surface area contributed by atoms with E-state index in [1.165, 1.54) is 23.4 Å². The standard InChI is InChI=1S/C17H17N3OS/c1-2-10-20(9-1)14-7-5-13(6-8-14)17-18-16(21-19-17)12-15-4-3-11-22-15/h3-8,11H,1-2,9-10,12H2. The predicted molar refractivity (Wildman–Crippen MR) is 88.3 cm³/mol. The Bertz CT molecular complexity index is 728. The van der Waals surface area contributed by atoms with E-state index in [1.807, 2.05) is 6.07 Å². The van der Waals surface area contributed by atoms with Gasteiger partial charge in [-0.05, 0) is 48.6 Å². The van der Waals surface area contributed by atoms with Crippen LogP contribution in [-0.2, 0) is 6.42 Å². The second kappa shape index (κ2) is 5.93. The van der Waals surface area contributed by atoms with Crippen LogP contribution in [0.3, 0.4) is 0 Å². The van der Waals surface area contributed by atoms with Crippen LogP contribution in [0.1, 0.15) is 23.6 Å². The lowest BCUT2D eigenvalue weighted by atomic mass is 10.2. The van der Waals surface area contributed by atoms with Crippen LogP contribution >= 0.6 is 11.3 Å². The fraction of sp³-hybridized carbons (Fsp3) is 0.294. The van der Waals surface area contributed by atoms with Gasteiger partial charge in [-0.2, -0.15) is 4.98 Å². The highest BCUT2D eigenvalue weighted by atomic mass is 32.1. The molecule has 1 aliphatic rings. The molecule has 0 atom stereocenters. The maximum atomic E-state index is 5.36. The fourth-order valence-electron chi connectivity index (χ4n) is 2.80. The SMILES string of the molecule is c1csc(Cc2nc(-c3ccc(N4CCCC4)cc3)no2)c1. The molecule has 1 saturated heterocycles. The van der Waals surface area contributed by atoms with Gasteiger partial charge in [0.25, 0.3) is 0 Å². The van der Waals surface area contributed by atoms with Gasteiger partial charge in [0.1, 0.15) is 0 Å². The molecule has 3 heterocycles. The second-order valence-corrected chi connectivity index (χ2v) is 6.54. The summed E-state index contributed by atoms with van der Waals surface area (Å²) in [5, 5.41) is 6.16. The molecule has 0 N–H and O–H groups in total. The van der Waals surface area contributed by atoms with E-state index in [-0.39, 0.29) is 0 Å². The van der Waals surface area contributed by atoms with E-state index in [4.69, 9.17) is 4.52 Å². The number of hydrogen-bond acceptors (Lipinski definition) is 5. The van der Waals surface area contributed by atoms with Gasteiger partial charge in [0, 0.05) is 29.2 Å². The maximum Gasteiger partial charge on any atom is 0.232 e. The highest BCUT2D eigenvalue weighted by Gasteiger charge is 2.13. The first-order valence-corrected chi connectivity index (χ1v) is 8.47. The van der Waals surface area contributed by atoms with Gasteiger partial charge in [-0.25, -0.2) is 0 Å². The van der Waals surface area contributed by atoms with Gasteiger partial charge in [-0.1, -0.05) is 11.2 Å². The third-order valence-electron chi connectivity index (χ3n) is 3.97. The van der Waals surface area contributed by atoms with Crippen LogP contribution in [-0.4, -0.2) is 23.2 Å². The van der Waals surface area contributed by atoms with Crippen molar-refractivity contribution in [2.24, 2.45) is 0 Å². The smallest absolute Gasteiger partial charge is 0.232 e. The lowest BCUT2D eigenvalue weighted by Crippen LogP contribution is -2.17. The van der Waals surface area contributed by atoms with E-state index >= 15 is 0 Å². The fourth-order valence-corrected chi connectivity index (χ4v) is 3.50. The molecule has 2 aromatic heterocycles. The third kappa shape index (κ3) is 2.76. The normalized spacial score (nSPS) is 14.6. The van der Waals surface area contributed by atoms with Crippen LogP contribution in [0.5, 0.6) is 0 Å². The predicted octanol–water partition coefficient (Wildman–Crippen LogP) is 3.99. The Morgan fingerprint density at radius 3 is 2.64 bits per heavy atom. The van der Waals surface area contributed by atoms with Crippen molar-refractivity contribution in [2.45, 2.75) is 19.3 Å². The van der Waals surface area contributed by atoms with E-state index < -0.39 is 0 Å². The van der Waals surface area contributed by atoms with Crippen molar-refractivity contribution in [1.29, 1.82) is 0 Å². The first kappa shape index (κ1) is 13.5. The molecule has 0 amide bonds. The van der Waals surface area contributed by atoms with Crippen LogP contribution in [0.15, 0.2) is 46.3 Å². The molecule has 1 aromatic carbocycles. The molecule has 4 nitrogen and oxygen atoms in total. The lowest BCUT2D eigenvalue weighted by Gasteiger charge is -2.17. The van der Waals surface area contributed by atoms with Crippen molar-refractivity contribution in [2.75, 3.05) is 18.0 Å². The molecule has 1 fully saturated rings. The Balaban J connectivity index is 1.50. The van der Waals surface area contributed by atoms with Crippen molar-refractivity contribution in [3.63, 3.8) is 0 Å². The lowest BCUT2D eigenvalue weighted by molar-refractivity contribution is 0.386. The van der Waals surface area contributed by atoms with Crippen molar-refractivity contribution in [1.82, 2.24) is 10.1 Å². The Morgan fingerprint density at radius 2 is 1.91 bits per heavy atom. The zero-order valence-electron chi connectivity index (χ0n) is 12.2. The van der Waals surface area contributed by atoms with Gasteiger partial charge in [0.05, 0.1) is 6.42 Å². The molecule has 22 heavy (non-hydrogen) atoms. The van der Waals surface area contributed by atoms with E-state index in [9.17, 15) is 0 Å². The van der Waals surface area contributed by atoms with Crippen LogP contribution in [0.25, 0.3) is 11.4 Å². The molecule has 4 rings (SSSR count). The molecule has 0 saturated carbocycles. The number of benzene rings is 1. The van der Waals surface area contributed by atoms with Gasteiger partial charge in [0.15, 0.2) is 0 Å². The molecular formula is C17H17N3OS. The summed E-state index contributed by atoms with van der Waals surface area (Å²) in [5.74, 6) is 1.33. The van der Waals surface area contributed by atoms with Crippen molar-refractivity contribution >= 4 is 17.0 Å². The van der Waals surface area contributed by atoms with E-state index in [2.05, 4.69) is 50.8 Å². The summed E-state index contributed by atoms with van der Waals surface area (Å²) in [7, 11) is 0. The van der Waals surface area contributed by atoms with Gasteiger partial charge in [-0.15, -0.1) is 11.3 Å². The average Bonchev–Trinajstić information content (AvgIpc) is 3.31. The van der Waals surface area contributed by atoms with Gasteiger partial charge < -0.3 is 9.42 Å². The average molecular weight is 311 g/mol. The minimum Gasteiger partial charge on any atom is -0.372 e. The van der Waals surface area contributed by atoms with Crippen molar-refractivity contribution in [3.8, 4) is 11.4 Å². The summed E-state index contributed by atoms with van der Waals surface area (Å²) < 4.78 is 5.36. The van der Waals surface area contributed by atoms with Crippen molar-refractivity contribution < 1.29 is 4.52 Å². The Hall–Kier alpha value is -2.14. The molecule has 0 bridgehead atoms. The zero-order valence-corrected chi connectivity index (χ0v) is 13.1. The number of thiophene rings is 1. The number of rotatable bonds is 4. The van der Waals surface area contributed by atoms with Gasteiger partial charge in [0.2, 0.25) is 11.7 Å². The van der Waals surface area contributed by atoms with E-state index in [1.54, 1.807) is 11.3 Å². The molecule has 112 valence electrons. The third-order valence-corrected chi connectivity index (χ3v) is 4.85. The monoisotopic (exact) mass is 311 g/mol. The largest absolute Gasteiger partial charge is 0.372 e. The Labute approximate surface area is 133 Å². The number of hydrogen-bond donors (Lipinski definition) is 0. The highest BCUT2D eigenvalue weighted by molar-refractivity contribution is 7.09. The summed E-state index contributed by atoms with van der Waals surface area (Å²) in [6, 6.07) is 12.6. The quantitative estimate of drug-likeness (QED) is 0.730.